The highest BCUT2D eigenvalue weighted by molar-refractivity contribution is 5.33. The standard InChI is InChI=1S/C18H26FN3O/c1-14(23)11-22-7-5-15(6-8-22)12-21(2)13-17-9-16(10-20)3-4-18(17)19/h3-4,9,14-15,23H,5-8,11-13H2,1-2H3/t14-/m0/s1. The average Bonchev–Trinajstić information content (AvgIpc) is 2.51. The Bertz CT molecular complexity index is 548. The minimum Gasteiger partial charge on any atom is -0.392 e. The van der Waals surface area contributed by atoms with E-state index in [0.717, 1.165) is 39.0 Å². The van der Waals surface area contributed by atoms with Gasteiger partial charge in [-0.05, 0) is 64.0 Å². The molecule has 1 saturated heterocycles. The van der Waals surface area contributed by atoms with Crippen molar-refractivity contribution >= 4 is 0 Å². The van der Waals surface area contributed by atoms with Crippen molar-refractivity contribution in [3.05, 3.63) is 35.1 Å². The van der Waals surface area contributed by atoms with Crippen LogP contribution < -0.4 is 0 Å². The largest absolute Gasteiger partial charge is 0.392 e. The molecule has 5 heteroatoms. The Labute approximate surface area is 138 Å². The Morgan fingerprint density at radius 3 is 2.74 bits per heavy atom. The number of hydrogen-bond acceptors (Lipinski definition) is 4. The number of nitrogens with zero attached hydrogens (tertiary/aromatic N) is 3. The van der Waals surface area contributed by atoms with Crippen molar-refractivity contribution in [3.63, 3.8) is 0 Å². The maximum Gasteiger partial charge on any atom is 0.127 e. The molecule has 23 heavy (non-hydrogen) atoms. The minimum absolute atomic E-state index is 0.248. The number of aliphatic hydroxyl groups excluding tert-OH is 1. The molecule has 0 radical (unpaired) electrons. The molecule has 1 aromatic carbocycles. The lowest BCUT2D eigenvalue weighted by Gasteiger charge is -2.34. The van der Waals surface area contributed by atoms with E-state index < -0.39 is 0 Å². The van der Waals surface area contributed by atoms with E-state index in [1.165, 1.54) is 12.1 Å². The summed E-state index contributed by atoms with van der Waals surface area (Å²) in [5.41, 5.74) is 1.08. The number of piperidine rings is 1. The summed E-state index contributed by atoms with van der Waals surface area (Å²) in [7, 11) is 2.00. The van der Waals surface area contributed by atoms with Gasteiger partial charge >= 0.3 is 0 Å². The van der Waals surface area contributed by atoms with Crippen molar-refractivity contribution in [1.29, 1.82) is 5.26 Å². The Morgan fingerprint density at radius 1 is 1.43 bits per heavy atom. The lowest BCUT2D eigenvalue weighted by Crippen LogP contribution is -2.40. The predicted octanol–water partition coefficient (Wildman–Crippen LogP) is 2.22. The molecule has 1 N–H and O–H groups in total. The summed E-state index contributed by atoms with van der Waals surface area (Å²) in [5, 5.41) is 18.4. The molecule has 1 aromatic rings. The van der Waals surface area contributed by atoms with Crippen LogP contribution in [0, 0.1) is 23.1 Å². The van der Waals surface area contributed by atoms with E-state index >= 15 is 0 Å². The first kappa shape index (κ1) is 17.9. The van der Waals surface area contributed by atoms with Crippen LogP contribution in [0.25, 0.3) is 0 Å². The lowest BCUT2D eigenvalue weighted by atomic mass is 9.96. The van der Waals surface area contributed by atoms with Crippen molar-refractivity contribution in [1.82, 2.24) is 9.80 Å². The SMILES string of the molecule is C[C@H](O)CN1CCC(CN(C)Cc2cc(C#N)ccc2F)CC1. The highest BCUT2D eigenvalue weighted by atomic mass is 19.1. The number of nitriles is 1. The summed E-state index contributed by atoms with van der Waals surface area (Å²) in [5.74, 6) is 0.357. The molecule has 126 valence electrons. The first-order valence-electron chi connectivity index (χ1n) is 8.25. The van der Waals surface area contributed by atoms with Gasteiger partial charge < -0.3 is 14.9 Å². The summed E-state index contributed by atoms with van der Waals surface area (Å²) in [6, 6.07) is 6.58. The Morgan fingerprint density at radius 2 is 2.13 bits per heavy atom. The molecule has 1 atom stereocenters. The number of β-amino-alcohol motifs (C(OH)–C–C–N with tert-alkyl or cyclic N) is 1. The first-order valence-corrected chi connectivity index (χ1v) is 8.25. The molecule has 1 aliphatic rings. The van der Waals surface area contributed by atoms with E-state index in [-0.39, 0.29) is 11.9 Å². The lowest BCUT2D eigenvalue weighted by molar-refractivity contribution is 0.0918. The monoisotopic (exact) mass is 319 g/mol. The molecule has 1 heterocycles. The molecule has 0 aliphatic carbocycles. The maximum atomic E-state index is 13.9. The minimum atomic E-state index is -0.274. The topological polar surface area (TPSA) is 50.5 Å². The van der Waals surface area contributed by atoms with Crippen LogP contribution >= 0.6 is 0 Å². The third kappa shape index (κ3) is 5.58. The normalized spacial score (nSPS) is 18.1. The van der Waals surface area contributed by atoms with Crippen LogP contribution in [0.1, 0.15) is 30.9 Å². The Hall–Kier alpha value is -1.48. The van der Waals surface area contributed by atoms with Gasteiger partial charge in [-0.3, -0.25) is 0 Å². The zero-order valence-corrected chi connectivity index (χ0v) is 14.0. The van der Waals surface area contributed by atoms with Gasteiger partial charge in [-0.1, -0.05) is 0 Å². The second-order valence-electron chi connectivity index (χ2n) is 6.71. The third-order valence-corrected chi connectivity index (χ3v) is 4.41. The summed E-state index contributed by atoms with van der Waals surface area (Å²) in [6.07, 6.45) is 1.94. The highest BCUT2D eigenvalue weighted by Gasteiger charge is 2.21. The van der Waals surface area contributed by atoms with Crippen molar-refractivity contribution in [3.8, 4) is 6.07 Å². The number of aliphatic hydroxyl groups is 1. The van der Waals surface area contributed by atoms with Gasteiger partial charge in [0.05, 0.1) is 17.7 Å². The molecule has 0 unspecified atom stereocenters. The van der Waals surface area contributed by atoms with Crippen LogP contribution in [-0.4, -0.2) is 54.2 Å². The maximum absolute atomic E-state index is 13.9. The Kier molecular flexibility index (Phi) is 6.52. The number of likely N-dealkylation sites (tertiary alicyclic amines) is 1. The van der Waals surface area contributed by atoms with Gasteiger partial charge in [0.1, 0.15) is 5.82 Å². The van der Waals surface area contributed by atoms with Crippen molar-refractivity contribution in [2.45, 2.75) is 32.4 Å². The zero-order valence-electron chi connectivity index (χ0n) is 14.0. The number of benzene rings is 1. The summed E-state index contributed by atoms with van der Waals surface area (Å²) in [4.78, 5) is 4.44. The van der Waals surface area contributed by atoms with Gasteiger partial charge in [-0.2, -0.15) is 5.26 Å². The first-order chi connectivity index (χ1) is 11.0. The van der Waals surface area contributed by atoms with E-state index in [2.05, 4.69) is 15.9 Å². The molecular weight excluding hydrogens is 293 g/mol. The van der Waals surface area contributed by atoms with Crippen LogP contribution in [0.4, 0.5) is 4.39 Å². The molecule has 0 saturated carbocycles. The van der Waals surface area contributed by atoms with Gasteiger partial charge in [-0.15, -0.1) is 0 Å². The second-order valence-corrected chi connectivity index (χ2v) is 6.71. The summed E-state index contributed by atoms with van der Waals surface area (Å²) in [6.45, 7) is 6.05. The zero-order chi connectivity index (χ0) is 16.8. The van der Waals surface area contributed by atoms with Crippen molar-refractivity contribution < 1.29 is 9.50 Å². The van der Waals surface area contributed by atoms with Crippen LogP contribution in [-0.2, 0) is 6.54 Å². The highest BCUT2D eigenvalue weighted by Crippen LogP contribution is 2.20. The number of rotatable bonds is 6. The quantitative estimate of drug-likeness (QED) is 0.873. The molecule has 4 nitrogen and oxygen atoms in total. The van der Waals surface area contributed by atoms with E-state index in [0.29, 0.717) is 23.6 Å². The van der Waals surface area contributed by atoms with Gasteiger partial charge in [0, 0.05) is 25.2 Å². The van der Waals surface area contributed by atoms with Crippen molar-refractivity contribution in [2.75, 3.05) is 33.2 Å². The van der Waals surface area contributed by atoms with Crippen molar-refractivity contribution in [2.24, 2.45) is 5.92 Å². The van der Waals surface area contributed by atoms with E-state index in [9.17, 15) is 9.50 Å². The molecule has 0 amide bonds. The molecular formula is C18H26FN3O. The van der Waals surface area contributed by atoms with Gasteiger partial charge in [0.25, 0.3) is 0 Å². The fourth-order valence-corrected chi connectivity index (χ4v) is 3.29. The van der Waals surface area contributed by atoms with Crippen LogP contribution in [0.15, 0.2) is 18.2 Å². The fraction of sp³-hybridized carbons (Fsp3) is 0.611. The van der Waals surface area contributed by atoms with Gasteiger partial charge in [-0.25, -0.2) is 4.39 Å². The van der Waals surface area contributed by atoms with Gasteiger partial charge in [0.15, 0.2) is 0 Å². The van der Waals surface area contributed by atoms with Crippen LogP contribution in [0.3, 0.4) is 0 Å². The van der Waals surface area contributed by atoms with Gasteiger partial charge in [0.2, 0.25) is 0 Å². The molecule has 1 fully saturated rings. The second kappa shape index (κ2) is 8.39. The molecule has 1 aliphatic heterocycles. The van der Waals surface area contributed by atoms with E-state index in [1.54, 1.807) is 6.07 Å². The molecule has 0 bridgehead atoms. The molecule has 0 spiro atoms. The summed E-state index contributed by atoms with van der Waals surface area (Å²) >= 11 is 0. The van der Waals surface area contributed by atoms with E-state index in [4.69, 9.17) is 5.26 Å². The fourth-order valence-electron chi connectivity index (χ4n) is 3.29. The third-order valence-electron chi connectivity index (χ3n) is 4.41. The van der Waals surface area contributed by atoms with Crippen LogP contribution in [0.5, 0.6) is 0 Å². The number of halogens is 1. The Balaban J connectivity index is 1.82. The molecule has 2 rings (SSSR count). The number of hydrogen-bond donors (Lipinski definition) is 1. The predicted molar refractivity (Wildman–Crippen MR) is 88.3 cm³/mol. The smallest absolute Gasteiger partial charge is 0.127 e. The molecule has 0 aromatic heterocycles. The average molecular weight is 319 g/mol. The van der Waals surface area contributed by atoms with Crippen LogP contribution in [0.2, 0.25) is 0 Å². The summed E-state index contributed by atoms with van der Waals surface area (Å²) < 4.78 is 13.9. The van der Waals surface area contributed by atoms with E-state index in [1.807, 2.05) is 14.0 Å².